The van der Waals surface area contributed by atoms with Crippen molar-refractivity contribution < 1.29 is 43.9 Å². The first-order valence-electron chi connectivity index (χ1n) is 6.53. The van der Waals surface area contributed by atoms with Gasteiger partial charge in [0.15, 0.2) is 0 Å². The molecular weight excluding hydrogens is 395 g/mol. The van der Waals surface area contributed by atoms with E-state index in [-0.39, 0.29) is 6.07 Å². The lowest BCUT2D eigenvalue weighted by Crippen LogP contribution is -2.17. The lowest BCUT2D eigenvalue weighted by atomic mass is 10.2. The number of rotatable bonds is 4. The molecule has 0 unspecified atom stereocenters. The van der Waals surface area contributed by atoms with Crippen molar-refractivity contribution in [1.29, 1.82) is 0 Å². The number of hydrogen-bond donors (Lipinski definition) is 1. The van der Waals surface area contributed by atoms with E-state index in [9.17, 15) is 39.2 Å². The molecule has 12 heteroatoms. The zero-order valence-electron chi connectivity index (χ0n) is 12.3. The van der Waals surface area contributed by atoms with Gasteiger partial charge in [0, 0.05) is 0 Å². The summed E-state index contributed by atoms with van der Waals surface area (Å²) < 4.78 is 117. The third-order valence-corrected chi connectivity index (χ3v) is 4.29. The average Bonchev–Trinajstić information content (AvgIpc) is 2.47. The number of anilines is 1. The van der Waals surface area contributed by atoms with Crippen molar-refractivity contribution >= 4 is 15.7 Å². The van der Waals surface area contributed by atoms with Gasteiger partial charge in [-0.1, -0.05) is 0 Å². The summed E-state index contributed by atoms with van der Waals surface area (Å²) in [4.78, 5) is -0.608. The number of sulfonamides is 1. The van der Waals surface area contributed by atoms with E-state index >= 15 is 0 Å². The van der Waals surface area contributed by atoms with E-state index in [1.165, 1.54) is 0 Å². The highest BCUT2D eigenvalue weighted by atomic mass is 32.2. The predicted octanol–water partition coefficient (Wildman–Crippen LogP) is 4.54. The summed E-state index contributed by atoms with van der Waals surface area (Å²) in [6.07, 6.45) is -9.82. The SMILES string of the molecule is O=S(=O)(Nc1cc(C(F)(F)F)ccc1F)c1ccc(OC(F)(F)F)cc1. The maximum absolute atomic E-state index is 13.6. The minimum absolute atomic E-state index is 0.258. The van der Waals surface area contributed by atoms with Crippen LogP contribution in [0.25, 0.3) is 0 Å². The van der Waals surface area contributed by atoms with E-state index in [1.807, 2.05) is 0 Å². The summed E-state index contributed by atoms with van der Waals surface area (Å²) in [6.45, 7) is 0. The third kappa shape index (κ3) is 5.00. The molecular formula is C14H8F7NO3S. The molecule has 0 saturated carbocycles. The van der Waals surface area contributed by atoms with Crippen LogP contribution in [0.1, 0.15) is 5.56 Å². The van der Waals surface area contributed by atoms with E-state index in [1.54, 1.807) is 4.72 Å². The van der Waals surface area contributed by atoms with Gasteiger partial charge >= 0.3 is 12.5 Å². The molecule has 0 saturated heterocycles. The first-order valence-corrected chi connectivity index (χ1v) is 8.02. The van der Waals surface area contributed by atoms with Crippen LogP contribution in [0.5, 0.6) is 5.75 Å². The van der Waals surface area contributed by atoms with Gasteiger partial charge in [-0.2, -0.15) is 13.2 Å². The van der Waals surface area contributed by atoms with Crippen LogP contribution in [0.15, 0.2) is 47.4 Å². The first-order chi connectivity index (χ1) is 11.8. The van der Waals surface area contributed by atoms with Crippen LogP contribution >= 0.6 is 0 Å². The Bertz CT molecular complexity index is 890. The number of benzene rings is 2. The van der Waals surface area contributed by atoms with Gasteiger partial charge in [0.25, 0.3) is 10.0 Å². The summed E-state index contributed by atoms with van der Waals surface area (Å²) in [6, 6.07) is 3.92. The molecule has 0 amide bonds. The molecule has 4 nitrogen and oxygen atoms in total. The van der Waals surface area contributed by atoms with Gasteiger partial charge < -0.3 is 4.74 Å². The number of alkyl halides is 6. The Morgan fingerprint density at radius 1 is 0.885 bits per heavy atom. The van der Waals surface area contributed by atoms with Crippen molar-refractivity contribution in [1.82, 2.24) is 0 Å². The normalized spacial score (nSPS) is 12.7. The molecule has 0 radical (unpaired) electrons. The summed E-state index contributed by atoms with van der Waals surface area (Å²) in [5.41, 5.74) is -2.25. The Morgan fingerprint density at radius 2 is 1.46 bits per heavy atom. The van der Waals surface area contributed by atoms with Crippen LogP contribution in [0, 0.1) is 5.82 Å². The molecule has 0 fully saturated rings. The van der Waals surface area contributed by atoms with Crippen LogP contribution in [-0.2, 0) is 16.2 Å². The largest absolute Gasteiger partial charge is 0.573 e. The van der Waals surface area contributed by atoms with Gasteiger partial charge in [0.05, 0.1) is 16.1 Å². The van der Waals surface area contributed by atoms with E-state index in [2.05, 4.69) is 4.74 Å². The minimum atomic E-state index is -4.99. The molecule has 26 heavy (non-hydrogen) atoms. The highest BCUT2D eigenvalue weighted by Crippen LogP contribution is 2.32. The molecule has 0 aliphatic rings. The van der Waals surface area contributed by atoms with Crippen molar-refractivity contribution in [3.8, 4) is 5.75 Å². The number of hydrogen-bond acceptors (Lipinski definition) is 3. The lowest BCUT2D eigenvalue weighted by molar-refractivity contribution is -0.274. The molecule has 0 aromatic heterocycles. The van der Waals surface area contributed by atoms with Crippen LogP contribution in [-0.4, -0.2) is 14.8 Å². The summed E-state index contributed by atoms with van der Waals surface area (Å²) in [5, 5.41) is 0. The Labute approximate surface area is 142 Å². The Morgan fingerprint density at radius 3 is 1.96 bits per heavy atom. The fraction of sp³-hybridized carbons (Fsp3) is 0.143. The molecule has 0 bridgehead atoms. The van der Waals surface area contributed by atoms with Gasteiger partial charge in [-0.05, 0) is 42.5 Å². The zero-order valence-corrected chi connectivity index (χ0v) is 13.1. The van der Waals surface area contributed by atoms with Gasteiger partial charge in [-0.15, -0.1) is 13.2 Å². The maximum atomic E-state index is 13.6. The highest BCUT2D eigenvalue weighted by molar-refractivity contribution is 7.92. The van der Waals surface area contributed by atoms with Crippen molar-refractivity contribution in [2.45, 2.75) is 17.4 Å². The fourth-order valence-electron chi connectivity index (χ4n) is 1.80. The number of halogens is 7. The molecule has 0 aliphatic heterocycles. The third-order valence-electron chi connectivity index (χ3n) is 2.91. The Kier molecular flexibility index (Phi) is 5.08. The van der Waals surface area contributed by atoms with Crippen molar-refractivity contribution in [2.24, 2.45) is 0 Å². The Balaban J connectivity index is 2.29. The summed E-state index contributed by atoms with van der Waals surface area (Å²) in [5.74, 6) is -1.97. The van der Waals surface area contributed by atoms with Crippen LogP contribution in [0.3, 0.4) is 0 Å². The summed E-state index contributed by atoms with van der Waals surface area (Å²) >= 11 is 0. The van der Waals surface area contributed by atoms with Gasteiger partial charge in [-0.25, -0.2) is 12.8 Å². The van der Waals surface area contributed by atoms with Gasteiger partial charge in [-0.3, -0.25) is 4.72 Å². The minimum Gasteiger partial charge on any atom is -0.406 e. The molecule has 0 aliphatic carbocycles. The second-order valence-corrected chi connectivity index (χ2v) is 6.50. The molecule has 1 N–H and O–H groups in total. The molecule has 0 atom stereocenters. The lowest BCUT2D eigenvalue weighted by Gasteiger charge is -2.13. The molecule has 142 valence electrons. The quantitative estimate of drug-likeness (QED) is 0.763. The van der Waals surface area contributed by atoms with Crippen LogP contribution < -0.4 is 9.46 Å². The standard InChI is InChI=1S/C14H8F7NO3S/c15-11-6-1-8(13(16,17)18)7-12(11)22-26(23,24)10-4-2-9(3-5-10)25-14(19,20)21/h1-7,22H. The average molecular weight is 403 g/mol. The maximum Gasteiger partial charge on any atom is 0.573 e. The van der Waals surface area contributed by atoms with Gasteiger partial charge in [0.2, 0.25) is 0 Å². The van der Waals surface area contributed by atoms with Crippen molar-refractivity contribution in [3.63, 3.8) is 0 Å². The van der Waals surface area contributed by atoms with E-state index < -0.39 is 50.3 Å². The second-order valence-electron chi connectivity index (χ2n) is 4.82. The fourth-order valence-corrected chi connectivity index (χ4v) is 2.86. The first kappa shape index (κ1) is 19.8. The number of ether oxygens (including phenoxy) is 1. The van der Waals surface area contributed by atoms with Gasteiger partial charge in [0.1, 0.15) is 11.6 Å². The molecule has 2 rings (SSSR count). The second kappa shape index (κ2) is 6.67. The predicted molar refractivity (Wildman–Crippen MR) is 75.3 cm³/mol. The van der Waals surface area contributed by atoms with Crippen molar-refractivity contribution in [2.75, 3.05) is 4.72 Å². The number of nitrogens with one attached hydrogen (secondary N) is 1. The monoisotopic (exact) mass is 403 g/mol. The molecule has 0 spiro atoms. The van der Waals surface area contributed by atoms with E-state index in [4.69, 9.17) is 0 Å². The van der Waals surface area contributed by atoms with Crippen LogP contribution in [0.2, 0.25) is 0 Å². The van der Waals surface area contributed by atoms with Crippen LogP contribution in [0.4, 0.5) is 36.4 Å². The summed E-state index contributed by atoms with van der Waals surface area (Å²) in [7, 11) is -4.55. The van der Waals surface area contributed by atoms with Crippen molar-refractivity contribution in [3.05, 3.63) is 53.8 Å². The highest BCUT2D eigenvalue weighted by Gasteiger charge is 2.32. The van der Waals surface area contributed by atoms with E-state index in [0.717, 1.165) is 12.1 Å². The van der Waals surface area contributed by atoms with E-state index in [0.29, 0.717) is 24.3 Å². The Hall–Kier alpha value is -2.50. The molecule has 2 aromatic rings. The molecule has 2 aromatic carbocycles. The zero-order chi connectivity index (χ0) is 19.8. The topological polar surface area (TPSA) is 55.4 Å². The molecule has 0 heterocycles. The smallest absolute Gasteiger partial charge is 0.406 e.